The molecule has 0 spiro atoms. The van der Waals surface area contributed by atoms with Crippen molar-refractivity contribution in [1.29, 1.82) is 0 Å². The van der Waals surface area contributed by atoms with Gasteiger partial charge in [-0.3, -0.25) is 9.52 Å². The molecule has 2 aliphatic heterocycles. The first-order chi connectivity index (χ1) is 10.7. The molecule has 1 unspecified atom stereocenters. The Labute approximate surface area is 134 Å². The molecule has 0 saturated carbocycles. The van der Waals surface area contributed by atoms with Gasteiger partial charge in [0.2, 0.25) is 10.0 Å². The number of aliphatic imine (C=N–C) groups is 1. The molecule has 2 heterocycles. The number of nitrogens with one attached hydrogen (secondary N) is 1. The van der Waals surface area contributed by atoms with Crippen LogP contribution in [0.25, 0.3) is 0 Å². The van der Waals surface area contributed by atoms with Gasteiger partial charge in [0.1, 0.15) is 5.70 Å². The van der Waals surface area contributed by atoms with Crippen LogP contribution >= 0.6 is 0 Å². The summed E-state index contributed by atoms with van der Waals surface area (Å²) >= 11 is 0. The molecule has 9 heteroatoms. The monoisotopic (exact) mass is 342 g/mol. The number of dihydropyridines is 1. The average Bonchev–Trinajstić information content (AvgIpc) is 2.44. The third-order valence-corrected chi connectivity index (χ3v) is 4.95. The highest BCUT2D eigenvalue weighted by molar-refractivity contribution is 7.89. The second kappa shape index (κ2) is 6.63. The maximum Gasteiger partial charge on any atom is 0.338 e. The number of nitrogens with zero attached hydrogens (tertiary/aromatic N) is 1. The Morgan fingerprint density at radius 3 is 2.74 bits per heavy atom. The minimum absolute atomic E-state index is 0.00344. The fraction of sp³-hybridized carbons (Fsp3) is 0.500. The van der Waals surface area contributed by atoms with E-state index >= 15 is 0 Å². The molecule has 2 rings (SSSR count). The number of carboxylic acids is 1. The summed E-state index contributed by atoms with van der Waals surface area (Å²) in [4.78, 5) is 26.9. The number of hydrogen-bond acceptors (Lipinski definition) is 5. The molecule has 2 N–H and O–H groups in total. The lowest BCUT2D eigenvalue weighted by Crippen LogP contribution is -2.38. The fourth-order valence-electron chi connectivity index (χ4n) is 2.43. The highest BCUT2D eigenvalue weighted by Crippen LogP contribution is 2.22. The van der Waals surface area contributed by atoms with E-state index in [1.165, 1.54) is 6.92 Å². The molecule has 0 aromatic carbocycles. The van der Waals surface area contributed by atoms with Gasteiger partial charge < -0.3 is 9.84 Å². The van der Waals surface area contributed by atoms with Crippen molar-refractivity contribution in [2.75, 3.05) is 12.4 Å². The zero-order chi connectivity index (χ0) is 17.2. The molecule has 1 saturated heterocycles. The number of hydrogen-bond donors (Lipinski definition) is 2. The van der Waals surface area contributed by atoms with Crippen LogP contribution < -0.4 is 4.72 Å². The lowest BCUT2D eigenvalue weighted by atomic mass is 9.99. The van der Waals surface area contributed by atoms with E-state index in [1.807, 2.05) is 4.72 Å². The summed E-state index contributed by atoms with van der Waals surface area (Å²) in [7, 11) is -3.95. The predicted molar refractivity (Wildman–Crippen MR) is 82.4 cm³/mol. The summed E-state index contributed by atoms with van der Waals surface area (Å²) in [5, 5.41) is 9.25. The molecule has 1 amide bonds. The van der Waals surface area contributed by atoms with Crippen molar-refractivity contribution >= 4 is 27.6 Å². The first kappa shape index (κ1) is 17.4. The smallest absolute Gasteiger partial charge is 0.338 e. The van der Waals surface area contributed by atoms with Gasteiger partial charge in [-0.2, -0.15) is 0 Å². The molecule has 0 aromatic heterocycles. The summed E-state index contributed by atoms with van der Waals surface area (Å²) in [6, 6.07) is 0. The standard InChI is InChI=1S/C14H18N2O6S/c1-8-9(2)15-13(17)12(11(8)14(18)19)16-23(20,21)7-10-5-3-4-6-22-10/h10,16H,1,3-7H2,2H3,(H,18,19). The number of amides is 1. The van der Waals surface area contributed by atoms with E-state index in [0.29, 0.717) is 13.0 Å². The van der Waals surface area contributed by atoms with E-state index < -0.39 is 39.3 Å². The molecule has 23 heavy (non-hydrogen) atoms. The molecule has 1 atom stereocenters. The third-order valence-electron chi connectivity index (χ3n) is 3.62. The number of aliphatic carboxylic acids is 1. The Bertz CT molecular complexity index is 714. The van der Waals surface area contributed by atoms with Crippen molar-refractivity contribution in [3.63, 3.8) is 0 Å². The number of ether oxygens (including phenoxy) is 1. The molecule has 1 fully saturated rings. The molecular formula is C14H18N2O6S. The van der Waals surface area contributed by atoms with Crippen molar-refractivity contribution in [3.05, 3.63) is 23.4 Å². The van der Waals surface area contributed by atoms with Gasteiger partial charge in [-0.15, -0.1) is 0 Å². The highest BCUT2D eigenvalue weighted by atomic mass is 32.2. The zero-order valence-electron chi connectivity index (χ0n) is 12.7. The largest absolute Gasteiger partial charge is 0.478 e. The van der Waals surface area contributed by atoms with Gasteiger partial charge in [-0.1, -0.05) is 6.58 Å². The van der Waals surface area contributed by atoms with Gasteiger partial charge in [0.25, 0.3) is 5.91 Å². The Kier molecular flexibility index (Phi) is 5.00. The van der Waals surface area contributed by atoms with E-state index in [0.717, 1.165) is 12.8 Å². The van der Waals surface area contributed by atoms with Crippen molar-refractivity contribution in [3.8, 4) is 0 Å². The number of carboxylic acid groups (broad SMARTS) is 1. The molecule has 2 aliphatic rings. The van der Waals surface area contributed by atoms with Crippen molar-refractivity contribution in [2.24, 2.45) is 4.99 Å². The van der Waals surface area contributed by atoms with E-state index in [2.05, 4.69) is 11.6 Å². The maximum absolute atomic E-state index is 12.2. The number of rotatable bonds is 5. The van der Waals surface area contributed by atoms with Crippen LogP contribution in [-0.4, -0.2) is 49.6 Å². The SMILES string of the molecule is C=C1C(C)=NC(=O)C(NS(=O)(=O)CC2CCCCO2)=C1C(=O)O. The average molecular weight is 342 g/mol. The topological polar surface area (TPSA) is 122 Å². The first-order valence-electron chi connectivity index (χ1n) is 7.10. The molecule has 0 aliphatic carbocycles. The quantitative estimate of drug-likeness (QED) is 0.744. The van der Waals surface area contributed by atoms with Gasteiger partial charge >= 0.3 is 5.97 Å². The predicted octanol–water partition coefficient (Wildman–Crippen LogP) is 0.371. The third kappa shape index (κ3) is 4.05. The Hall–Kier alpha value is -2.00. The zero-order valence-corrected chi connectivity index (χ0v) is 13.5. The number of sulfonamides is 1. The van der Waals surface area contributed by atoms with Crippen LogP contribution in [0.2, 0.25) is 0 Å². The van der Waals surface area contributed by atoms with Gasteiger partial charge in [0.05, 0.1) is 17.4 Å². The Morgan fingerprint density at radius 2 is 2.17 bits per heavy atom. The van der Waals surface area contributed by atoms with Gasteiger partial charge in [-0.25, -0.2) is 18.2 Å². The van der Waals surface area contributed by atoms with Gasteiger partial charge in [0, 0.05) is 17.9 Å². The van der Waals surface area contributed by atoms with Crippen LogP contribution in [0.3, 0.4) is 0 Å². The summed E-state index contributed by atoms with van der Waals surface area (Å²) in [5.41, 5.74) is -0.908. The molecule has 8 nitrogen and oxygen atoms in total. The number of carbonyl (C=O) groups is 2. The molecule has 0 aromatic rings. The summed E-state index contributed by atoms with van der Waals surface area (Å²) < 4.78 is 31.8. The maximum atomic E-state index is 12.2. The lowest BCUT2D eigenvalue weighted by Gasteiger charge is -2.23. The van der Waals surface area contributed by atoms with E-state index in [9.17, 15) is 23.1 Å². The van der Waals surface area contributed by atoms with E-state index in [4.69, 9.17) is 4.74 Å². The van der Waals surface area contributed by atoms with Crippen LogP contribution in [0, 0.1) is 0 Å². The minimum atomic E-state index is -3.95. The van der Waals surface area contributed by atoms with Crippen molar-refractivity contribution in [2.45, 2.75) is 32.3 Å². The van der Waals surface area contributed by atoms with Crippen LogP contribution in [-0.2, 0) is 24.3 Å². The lowest BCUT2D eigenvalue weighted by molar-refractivity contribution is -0.132. The Morgan fingerprint density at radius 1 is 1.48 bits per heavy atom. The Balaban J connectivity index is 2.26. The second-order valence-corrected chi connectivity index (χ2v) is 7.18. The molecule has 0 radical (unpaired) electrons. The normalized spacial score (nSPS) is 22.8. The van der Waals surface area contributed by atoms with Gasteiger partial charge in [0.15, 0.2) is 0 Å². The summed E-state index contributed by atoms with van der Waals surface area (Å²) in [6.45, 7) is 5.47. The van der Waals surface area contributed by atoms with Crippen LogP contribution in [0.4, 0.5) is 0 Å². The first-order valence-corrected chi connectivity index (χ1v) is 8.75. The number of carbonyl (C=O) groups excluding carboxylic acids is 1. The molecule has 126 valence electrons. The van der Waals surface area contributed by atoms with Crippen LogP contribution in [0.1, 0.15) is 26.2 Å². The summed E-state index contributed by atoms with van der Waals surface area (Å²) in [5.74, 6) is -2.73. The van der Waals surface area contributed by atoms with Crippen LogP contribution in [0.15, 0.2) is 28.4 Å². The fourth-order valence-corrected chi connectivity index (χ4v) is 3.76. The van der Waals surface area contributed by atoms with Crippen molar-refractivity contribution in [1.82, 2.24) is 4.72 Å². The minimum Gasteiger partial charge on any atom is -0.478 e. The molecule has 0 bridgehead atoms. The summed E-state index contributed by atoms with van der Waals surface area (Å²) in [6.07, 6.45) is 1.87. The van der Waals surface area contributed by atoms with Crippen molar-refractivity contribution < 1.29 is 27.9 Å². The van der Waals surface area contributed by atoms with E-state index in [-0.39, 0.29) is 17.0 Å². The van der Waals surface area contributed by atoms with E-state index in [1.54, 1.807) is 0 Å². The second-order valence-electron chi connectivity index (χ2n) is 5.41. The van der Waals surface area contributed by atoms with Gasteiger partial charge in [-0.05, 0) is 26.2 Å². The highest BCUT2D eigenvalue weighted by Gasteiger charge is 2.32. The van der Waals surface area contributed by atoms with Crippen LogP contribution in [0.5, 0.6) is 0 Å². The molecular weight excluding hydrogens is 324 g/mol.